The lowest BCUT2D eigenvalue weighted by atomic mass is 10.1. The van der Waals surface area contributed by atoms with Gasteiger partial charge in [-0.15, -0.1) is 0 Å². The first-order valence-corrected chi connectivity index (χ1v) is 10.0. The van der Waals surface area contributed by atoms with E-state index in [0.29, 0.717) is 0 Å². The molecule has 0 radical (unpaired) electrons. The molecular formula is C19H15ClFN3O4S. The minimum absolute atomic E-state index is 0.00104. The van der Waals surface area contributed by atoms with E-state index in [0.717, 1.165) is 16.6 Å². The first kappa shape index (κ1) is 20.8. The summed E-state index contributed by atoms with van der Waals surface area (Å²) in [5.41, 5.74) is -0.228. The van der Waals surface area contributed by atoms with Crippen LogP contribution < -0.4 is 4.31 Å². The van der Waals surface area contributed by atoms with Crippen LogP contribution in [0.3, 0.4) is 0 Å². The molecule has 0 aliphatic carbocycles. The summed E-state index contributed by atoms with van der Waals surface area (Å²) in [5, 5.41) is 0.123. The molecule has 7 nitrogen and oxygen atoms in total. The smallest absolute Gasteiger partial charge is 0.266 e. The molecule has 0 aliphatic rings. The molecule has 0 saturated carbocycles. The second-order valence-corrected chi connectivity index (χ2v) is 8.10. The first-order valence-electron chi connectivity index (χ1n) is 8.23. The molecule has 10 heteroatoms. The second-order valence-electron chi connectivity index (χ2n) is 5.80. The van der Waals surface area contributed by atoms with Crippen molar-refractivity contribution in [1.29, 1.82) is 0 Å². The molecule has 0 amide bonds. The topological polar surface area (TPSA) is 89.5 Å². The summed E-state index contributed by atoms with van der Waals surface area (Å²) in [6, 6.07) is 11.2. The summed E-state index contributed by atoms with van der Waals surface area (Å²) < 4.78 is 45.4. The van der Waals surface area contributed by atoms with Crippen LogP contribution in [-0.4, -0.2) is 38.0 Å². The van der Waals surface area contributed by atoms with E-state index >= 15 is 0 Å². The molecule has 150 valence electrons. The van der Waals surface area contributed by atoms with Crippen molar-refractivity contribution < 1.29 is 22.3 Å². The Balaban J connectivity index is 2.15. The van der Waals surface area contributed by atoms with Gasteiger partial charge in [-0.05, 0) is 30.3 Å². The number of pyridine rings is 2. The zero-order chi connectivity index (χ0) is 21.0. The number of methoxy groups -OCH3 is 1. The number of hydrogen-bond acceptors (Lipinski definition) is 6. The Bertz CT molecular complexity index is 1130. The van der Waals surface area contributed by atoms with Crippen LogP contribution in [-0.2, 0) is 14.8 Å². The SMILES string of the molecule is COCN(c1cc(Cl)cnc1C(=O)c1ccc(F)nc1)S(=O)(=O)c1ccccc1. The number of benzene rings is 1. The van der Waals surface area contributed by atoms with Gasteiger partial charge in [0, 0.05) is 25.1 Å². The summed E-state index contributed by atoms with van der Waals surface area (Å²) in [7, 11) is -2.78. The number of carbonyl (C=O) groups is 1. The van der Waals surface area contributed by atoms with Gasteiger partial charge in [-0.25, -0.2) is 22.7 Å². The predicted molar refractivity (Wildman–Crippen MR) is 105 cm³/mol. The van der Waals surface area contributed by atoms with Gasteiger partial charge >= 0.3 is 0 Å². The molecule has 0 bridgehead atoms. The number of aromatic nitrogens is 2. The number of anilines is 1. The van der Waals surface area contributed by atoms with Crippen LogP contribution in [0.25, 0.3) is 0 Å². The number of nitrogens with zero attached hydrogens (tertiary/aromatic N) is 3. The largest absolute Gasteiger partial charge is 0.363 e. The number of ketones is 1. The highest BCUT2D eigenvalue weighted by atomic mass is 35.5. The van der Waals surface area contributed by atoms with Crippen molar-refractivity contribution in [3.05, 3.63) is 83.2 Å². The second kappa shape index (κ2) is 8.64. The molecule has 0 saturated heterocycles. The van der Waals surface area contributed by atoms with E-state index in [1.165, 1.54) is 37.6 Å². The van der Waals surface area contributed by atoms with Crippen molar-refractivity contribution in [3.8, 4) is 0 Å². The Morgan fingerprint density at radius 2 is 1.86 bits per heavy atom. The van der Waals surface area contributed by atoms with Gasteiger partial charge in [0.1, 0.15) is 12.4 Å². The normalized spacial score (nSPS) is 11.3. The third-order valence-corrected chi connectivity index (χ3v) is 5.84. The standard InChI is InChI=1S/C19H15ClFN3O4S/c1-28-12-24(29(26,27)15-5-3-2-4-6-15)16-9-14(20)11-23-18(16)19(25)13-7-8-17(21)22-10-13/h2-11H,12H2,1H3. The zero-order valence-electron chi connectivity index (χ0n) is 15.1. The van der Waals surface area contributed by atoms with Crippen LogP contribution in [0, 0.1) is 5.95 Å². The molecule has 0 fully saturated rings. The number of carbonyl (C=O) groups excluding carboxylic acids is 1. The Morgan fingerprint density at radius 3 is 2.48 bits per heavy atom. The van der Waals surface area contributed by atoms with Gasteiger partial charge in [-0.3, -0.25) is 4.79 Å². The lowest BCUT2D eigenvalue weighted by Gasteiger charge is -2.25. The fourth-order valence-electron chi connectivity index (χ4n) is 2.55. The number of ether oxygens (including phenoxy) is 1. The summed E-state index contributed by atoms with van der Waals surface area (Å²) in [6.45, 7) is -0.388. The van der Waals surface area contributed by atoms with Crippen LogP contribution in [0.4, 0.5) is 10.1 Å². The van der Waals surface area contributed by atoms with Crippen LogP contribution >= 0.6 is 11.6 Å². The summed E-state index contributed by atoms with van der Waals surface area (Å²) in [5.74, 6) is -1.40. The van der Waals surface area contributed by atoms with Gasteiger partial charge < -0.3 is 4.74 Å². The van der Waals surface area contributed by atoms with Crippen LogP contribution in [0.1, 0.15) is 16.1 Å². The molecule has 3 rings (SSSR count). The summed E-state index contributed by atoms with van der Waals surface area (Å²) in [4.78, 5) is 20.4. The van der Waals surface area contributed by atoms with E-state index in [4.69, 9.17) is 16.3 Å². The van der Waals surface area contributed by atoms with E-state index in [-0.39, 0.29) is 33.6 Å². The Kier molecular flexibility index (Phi) is 6.21. The number of rotatable bonds is 7. The molecule has 0 spiro atoms. The molecule has 0 N–H and O–H groups in total. The Labute approximate surface area is 171 Å². The van der Waals surface area contributed by atoms with E-state index in [1.54, 1.807) is 18.2 Å². The van der Waals surface area contributed by atoms with Gasteiger partial charge in [-0.2, -0.15) is 4.39 Å². The molecule has 0 atom stereocenters. The molecular weight excluding hydrogens is 421 g/mol. The highest BCUT2D eigenvalue weighted by molar-refractivity contribution is 7.92. The third-order valence-electron chi connectivity index (χ3n) is 3.89. The fraction of sp³-hybridized carbons (Fsp3) is 0.105. The van der Waals surface area contributed by atoms with Crippen molar-refractivity contribution in [2.24, 2.45) is 0 Å². The summed E-state index contributed by atoms with van der Waals surface area (Å²) >= 11 is 6.03. The van der Waals surface area contributed by atoms with Gasteiger partial charge in [0.2, 0.25) is 11.7 Å². The van der Waals surface area contributed by atoms with Gasteiger partial charge in [0.05, 0.1) is 15.6 Å². The molecule has 29 heavy (non-hydrogen) atoms. The van der Waals surface area contributed by atoms with Crippen LogP contribution in [0.5, 0.6) is 0 Å². The minimum atomic E-state index is -4.10. The van der Waals surface area contributed by atoms with Crippen molar-refractivity contribution >= 4 is 33.1 Å². The lowest BCUT2D eigenvalue weighted by Crippen LogP contribution is -2.34. The maximum atomic E-state index is 13.2. The molecule has 0 unspecified atom stereocenters. The fourth-order valence-corrected chi connectivity index (χ4v) is 4.10. The van der Waals surface area contributed by atoms with E-state index in [9.17, 15) is 17.6 Å². The van der Waals surface area contributed by atoms with E-state index < -0.39 is 21.8 Å². The first-order chi connectivity index (χ1) is 13.8. The molecule has 3 aromatic rings. The summed E-state index contributed by atoms with van der Waals surface area (Å²) in [6.07, 6.45) is 2.26. The predicted octanol–water partition coefficient (Wildman–Crippen LogP) is 3.30. The number of hydrogen-bond donors (Lipinski definition) is 0. The highest BCUT2D eigenvalue weighted by Crippen LogP contribution is 2.30. The van der Waals surface area contributed by atoms with Crippen molar-refractivity contribution in [2.75, 3.05) is 18.1 Å². The average Bonchev–Trinajstić information content (AvgIpc) is 2.72. The van der Waals surface area contributed by atoms with Gasteiger partial charge in [0.15, 0.2) is 0 Å². The molecule has 2 heterocycles. The minimum Gasteiger partial charge on any atom is -0.363 e. The van der Waals surface area contributed by atoms with E-state index in [1.807, 2.05) is 0 Å². The number of sulfonamides is 1. The third kappa shape index (κ3) is 4.42. The quantitative estimate of drug-likeness (QED) is 0.321. The highest BCUT2D eigenvalue weighted by Gasteiger charge is 2.30. The maximum Gasteiger partial charge on any atom is 0.266 e. The molecule has 1 aromatic carbocycles. The van der Waals surface area contributed by atoms with Crippen LogP contribution in [0.15, 0.2) is 65.8 Å². The Morgan fingerprint density at radius 1 is 1.14 bits per heavy atom. The van der Waals surface area contributed by atoms with Gasteiger partial charge in [0.25, 0.3) is 10.0 Å². The monoisotopic (exact) mass is 435 g/mol. The van der Waals surface area contributed by atoms with Crippen molar-refractivity contribution in [1.82, 2.24) is 9.97 Å². The van der Waals surface area contributed by atoms with Crippen LogP contribution in [0.2, 0.25) is 5.02 Å². The van der Waals surface area contributed by atoms with E-state index in [2.05, 4.69) is 9.97 Å². The average molecular weight is 436 g/mol. The maximum absolute atomic E-state index is 13.2. The molecule has 0 aliphatic heterocycles. The number of halogens is 2. The van der Waals surface area contributed by atoms with Crippen molar-refractivity contribution in [3.63, 3.8) is 0 Å². The van der Waals surface area contributed by atoms with Gasteiger partial charge in [-0.1, -0.05) is 29.8 Å². The van der Waals surface area contributed by atoms with Crippen molar-refractivity contribution in [2.45, 2.75) is 4.90 Å². The molecule has 2 aromatic heterocycles. The lowest BCUT2D eigenvalue weighted by molar-refractivity contribution is 0.103. The Hall–Kier alpha value is -2.88. The zero-order valence-corrected chi connectivity index (χ0v) is 16.7.